The van der Waals surface area contributed by atoms with E-state index in [0.29, 0.717) is 6.54 Å². The Bertz CT molecular complexity index is 653. The summed E-state index contributed by atoms with van der Waals surface area (Å²) < 4.78 is 1.02. The highest BCUT2D eigenvalue weighted by atomic mass is 79.9. The van der Waals surface area contributed by atoms with E-state index in [0.717, 1.165) is 32.5 Å². The Hall–Kier alpha value is -1.11. The first-order chi connectivity index (χ1) is 10.2. The molecule has 2 heterocycles. The van der Waals surface area contributed by atoms with Crippen molar-refractivity contribution in [2.75, 3.05) is 23.7 Å². The van der Waals surface area contributed by atoms with Gasteiger partial charge in [-0.1, -0.05) is 33.8 Å². The van der Waals surface area contributed by atoms with Gasteiger partial charge in [0.05, 0.1) is 18.0 Å². The SMILES string of the molecule is O=C(CN(C1=NCCS1)c1ccc(Br)cc1)c1cccs1. The minimum atomic E-state index is 0.128. The van der Waals surface area contributed by atoms with Gasteiger partial charge >= 0.3 is 0 Å². The first kappa shape index (κ1) is 14.8. The van der Waals surface area contributed by atoms with Crippen LogP contribution in [0.4, 0.5) is 5.69 Å². The van der Waals surface area contributed by atoms with Gasteiger partial charge in [0.2, 0.25) is 0 Å². The molecule has 0 aliphatic carbocycles. The average Bonchev–Trinajstić information content (AvgIpc) is 3.19. The molecule has 0 N–H and O–H groups in total. The summed E-state index contributed by atoms with van der Waals surface area (Å²) in [6.45, 7) is 1.15. The van der Waals surface area contributed by atoms with Crippen LogP contribution in [0.25, 0.3) is 0 Å². The van der Waals surface area contributed by atoms with E-state index in [1.165, 1.54) is 11.3 Å². The number of anilines is 1. The topological polar surface area (TPSA) is 32.7 Å². The minimum absolute atomic E-state index is 0.128. The predicted molar refractivity (Wildman–Crippen MR) is 94.9 cm³/mol. The van der Waals surface area contributed by atoms with Crippen LogP contribution < -0.4 is 4.90 Å². The number of Topliss-reactive ketones (excluding diaryl/α,β-unsaturated/α-hetero) is 1. The van der Waals surface area contributed by atoms with Crippen molar-refractivity contribution in [3.8, 4) is 0 Å². The molecule has 0 amide bonds. The Labute approximate surface area is 140 Å². The van der Waals surface area contributed by atoms with Gasteiger partial charge in [0.25, 0.3) is 0 Å². The number of ketones is 1. The second kappa shape index (κ2) is 6.77. The van der Waals surface area contributed by atoms with Gasteiger partial charge < -0.3 is 4.90 Å². The molecule has 0 unspecified atom stereocenters. The number of rotatable bonds is 4. The number of aliphatic imine (C=N–C) groups is 1. The van der Waals surface area contributed by atoms with Crippen LogP contribution >= 0.6 is 39.0 Å². The number of hydrogen-bond acceptors (Lipinski definition) is 5. The summed E-state index contributed by atoms with van der Waals surface area (Å²) in [7, 11) is 0. The summed E-state index contributed by atoms with van der Waals surface area (Å²) in [6.07, 6.45) is 0. The van der Waals surface area contributed by atoms with Gasteiger partial charge in [-0.25, -0.2) is 0 Å². The highest BCUT2D eigenvalue weighted by Crippen LogP contribution is 2.25. The summed E-state index contributed by atoms with van der Waals surface area (Å²) in [4.78, 5) is 19.7. The van der Waals surface area contributed by atoms with Crippen LogP contribution in [0, 0.1) is 0 Å². The standard InChI is InChI=1S/C15H13BrN2OS2/c16-11-3-5-12(6-4-11)18(15-17-7-9-21-15)10-13(19)14-2-1-8-20-14/h1-6,8H,7,9-10H2. The van der Waals surface area contributed by atoms with E-state index in [2.05, 4.69) is 20.9 Å². The second-order valence-corrected chi connectivity index (χ2v) is 7.40. The molecule has 0 radical (unpaired) electrons. The zero-order chi connectivity index (χ0) is 14.7. The monoisotopic (exact) mass is 380 g/mol. The molecule has 21 heavy (non-hydrogen) atoms. The number of carbonyl (C=O) groups excluding carboxylic acids is 1. The van der Waals surface area contributed by atoms with Crippen molar-refractivity contribution in [1.29, 1.82) is 0 Å². The summed E-state index contributed by atoms with van der Waals surface area (Å²) in [5, 5.41) is 2.86. The Morgan fingerprint density at radius 2 is 2.10 bits per heavy atom. The van der Waals surface area contributed by atoms with E-state index in [4.69, 9.17) is 0 Å². The predicted octanol–water partition coefficient (Wildman–Crippen LogP) is 4.30. The largest absolute Gasteiger partial charge is 0.313 e. The smallest absolute Gasteiger partial charge is 0.192 e. The molecule has 0 atom stereocenters. The van der Waals surface area contributed by atoms with Crippen molar-refractivity contribution in [2.24, 2.45) is 4.99 Å². The summed E-state index contributed by atoms with van der Waals surface area (Å²) in [5.74, 6) is 1.11. The highest BCUT2D eigenvalue weighted by Gasteiger charge is 2.21. The maximum absolute atomic E-state index is 12.4. The number of nitrogens with zero attached hydrogens (tertiary/aromatic N) is 2. The molecular weight excluding hydrogens is 368 g/mol. The van der Waals surface area contributed by atoms with Crippen LogP contribution in [0.1, 0.15) is 9.67 Å². The summed E-state index contributed by atoms with van der Waals surface area (Å²) in [6, 6.07) is 11.8. The fourth-order valence-corrected chi connectivity index (χ4v) is 3.83. The van der Waals surface area contributed by atoms with Crippen LogP contribution in [0.3, 0.4) is 0 Å². The van der Waals surface area contributed by atoms with Gasteiger partial charge in [-0.15, -0.1) is 11.3 Å². The number of thioether (sulfide) groups is 1. The van der Waals surface area contributed by atoms with Crippen LogP contribution in [0.2, 0.25) is 0 Å². The van der Waals surface area contributed by atoms with E-state index in [9.17, 15) is 4.79 Å². The number of halogens is 1. The third kappa shape index (κ3) is 3.56. The average molecular weight is 381 g/mol. The molecule has 1 aromatic heterocycles. The lowest BCUT2D eigenvalue weighted by atomic mass is 10.2. The number of hydrogen-bond donors (Lipinski definition) is 0. The Morgan fingerprint density at radius 3 is 2.71 bits per heavy atom. The van der Waals surface area contributed by atoms with Gasteiger partial charge in [-0.3, -0.25) is 9.79 Å². The van der Waals surface area contributed by atoms with Crippen LogP contribution in [0.15, 0.2) is 51.2 Å². The lowest BCUT2D eigenvalue weighted by Crippen LogP contribution is -2.33. The third-order valence-electron chi connectivity index (χ3n) is 3.04. The third-order valence-corrected chi connectivity index (χ3v) is 5.47. The molecule has 0 spiro atoms. The van der Waals surface area contributed by atoms with E-state index in [1.807, 2.05) is 46.7 Å². The molecule has 1 aromatic carbocycles. The van der Waals surface area contributed by atoms with Crippen molar-refractivity contribution >= 4 is 55.7 Å². The molecule has 0 saturated carbocycles. The zero-order valence-corrected chi connectivity index (χ0v) is 14.4. The van der Waals surface area contributed by atoms with Crippen LogP contribution in [-0.2, 0) is 0 Å². The maximum Gasteiger partial charge on any atom is 0.192 e. The van der Waals surface area contributed by atoms with Gasteiger partial charge in [-0.2, -0.15) is 0 Å². The molecular formula is C15H13BrN2OS2. The van der Waals surface area contributed by atoms with Crippen molar-refractivity contribution in [3.05, 3.63) is 51.1 Å². The van der Waals surface area contributed by atoms with E-state index in [-0.39, 0.29) is 5.78 Å². The number of benzene rings is 1. The lowest BCUT2D eigenvalue weighted by molar-refractivity contribution is 0.101. The molecule has 108 valence electrons. The maximum atomic E-state index is 12.4. The number of carbonyl (C=O) groups is 1. The van der Waals surface area contributed by atoms with Crippen molar-refractivity contribution < 1.29 is 4.79 Å². The fourth-order valence-electron chi connectivity index (χ4n) is 2.04. The lowest BCUT2D eigenvalue weighted by Gasteiger charge is -2.23. The molecule has 6 heteroatoms. The molecule has 0 saturated heterocycles. The van der Waals surface area contributed by atoms with Gasteiger partial charge in [0.1, 0.15) is 0 Å². The quantitative estimate of drug-likeness (QED) is 0.741. The Morgan fingerprint density at radius 1 is 1.29 bits per heavy atom. The zero-order valence-electron chi connectivity index (χ0n) is 11.2. The summed E-state index contributed by atoms with van der Waals surface area (Å²) >= 11 is 6.63. The van der Waals surface area contributed by atoms with Gasteiger partial charge in [-0.05, 0) is 35.7 Å². The van der Waals surface area contributed by atoms with Crippen molar-refractivity contribution in [1.82, 2.24) is 0 Å². The van der Waals surface area contributed by atoms with Crippen molar-refractivity contribution in [2.45, 2.75) is 0 Å². The van der Waals surface area contributed by atoms with E-state index in [1.54, 1.807) is 11.8 Å². The molecule has 1 aliphatic rings. The first-order valence-corrected chi connectivity index (χ1v) is 9.17. The summed E-state index contributed by atoms with van der Waals surface area (Å²) in [5.41, 5.74) is 0.997. The van der Waals surface area contributed by atoms with E-state index < -0.39 is 0 Å². The highest BCUT2D eigenvalue weighted by molar-refractivity contribution is 9.10. The fraction of sp³-hybridized carbons (Fsp3) is 0.200. The normalized spacial score (nSPS) is 14.0. The van der Waals surface area contributed by atoms with Crippen LogP contribution in [0.5, 0.6) is 0 Å². The Balaban J connectivity index is 1.86. The molecule has 3 nitrogen and oxygen atoms in total. The van der Waals surface area contributed by atoms with E-state index >= 15 is 0 Å². The Kier molecular flexibility index (Phi) is 4.77. The molecule has 0 bridgehead atoms. The van der Waals surface area contributed by atoms with Gasteiger partial charge in [0.15, 0.2) is 11.0 Å². The molecule has 3 rings (SSSR count). The van der Waals surface area contributed by atoms with Crippen LogP contribution in [-0.4, -0.2) is 29.8 Å². The van der Waals surface area contributed by atoms with Gasteiger partial charge in [0, 0.05) is 15.9 Å². The number of thiophene rings is 1. The molecule has 1 aliphatic heterocycles. The minimum Gasteiger partial charge on any atom is -0.313 e. The number of amidine groups is 1. The molecule has 0 fully saturated rings. The first-order valence-electron chi connectivity index (χ1n) is 6.51. The van der Waals surface area contributed by atoms with Crippen molar-refractivity contribution in [3.63, 3.8) is 0 Å². The molecule has 2 aromatic rings. The second-order valence-electron chi connectivity index (χ2n) is 4.48.